The Hall–Kier alpha value is 0.300. The lowest BCUT2D eigenvalue weighted by molar-refractivity contribution is 0.172. The molecule has 0 aromatic rings. The molecular formula is C17H38O6P2. The minimum absolute atomic E-state index is 0.241. The fourth-order valence-corrected chi connectivity index (χ4v) is 4.03. The number of hydrogen-bond donors (Lipinski definition) is 0. The van der Waals surface area contributed by atoms with Crippen LogP contribution >= 0.6 is 15.2 Å². The molecule has 25 heavy (non-hydrogen) atoms. The molecule has 2 unspecified atom stereocenters. The zero-order valence-corrected chi connectivity index (χ0v) is 18.7. The number of rotatable bonds is 16. The number of hydrogen-bond acceptors (Lipinski definition) is 6. The molecular weight excluding hydrogens is 362 g/mol. The van der Waals surface area contributed by atoms with Gasteiger partial charge in [-0.2, -0.15) is 0 Å². The van der Waals surface area contributed by atoms with E-state index in [1.54, 1.807) is 0 Å². The van der Waals surface area contributed by atoms with Crippen molar-refractivity contribution in [1.29, 1.82) is 0 Å². The van der Waals surface area contributed by atoms with E-state index in [2.05, 4.69) is 27.7 Å². The zero-order chi connectivity index (χ0) is 19.3. The maximum Gasteiger partial charge on any atom is 0.327 e. The van der Waals surface area contributed by atoms with Gasteiger partial charge in [0, 0.05) is 13.3 Å². The third-order valence-electron chi connectivity index (χ3n) is 3.44. The predicted molar refractivity (Wildman–Crippen MR) is 104 cm³/mol. The summed E-state index contributed by atoms with van der Waals surface area (Å²) in [6.07, 6.45) is 4.30. The quantitative estimate of drug-likeness (QED) is 0.235. The summed E-state index contributed by atoms with van der Waals surface area (Å²) in [5, 5.41) is 0. The van der Waals surface area contributed by atoms with Gasteiger partial charge in [0.2, 0.25) is 0 Å². The third kappa shape index (κ3) is 17.5. The van der Waals surface area contributed by atoms with Crippen molar-refractivity contribution >= 4 is 15.2 Å². The molecule has 0 N–H and O–H groups in total. The summed E-state index contributed by atoms with van der Waals surface area (Å²) < 4.78 is 45.4. The molecule has 0 saturated carbocycles. The zero-order valence-electron chi connectivity index (χ0n) is 16.9. The molecule has 0 saturated heterocycles. The Labute approximate surface area is 154 Å². The van der Waals surface area contributed by atoms with Crippen LogP contribution in [-0.4, -0.2) is 39.8 Å². The summed E-state index contributed by atoms with van der Waals surface area (Å²) in [5.74, 6) is 1.21. The molecule has 0 aliphatic carbocycles. The van der Waals surface area contributed by atoms with Gasteiger partial charge in [0.1, 0.15) is 0 Å². The Bertz CT molecular complexity index is 387. The first-order valence-corrected chi connectivity index (χ1v) is 13.3. The van der Waals surface area contributed by atoms with Crippen molar-refractivity contribution in [2.45, 2.75) is 59.8 Å². The highest BCUT2D eigenvalue weighted by Crippen LogP contribution is 2.45. The molecule has 0 heterocycles. The van der Waals surface area contributed by atoms with Crippen molar-refractivity contribution in [3.8, 4) is 0 Å². The van der Waals surface area contributed by atoms with E-state index in [1.165, 1.54) is 13.3 Å². The third-order valence-corrected chi connectivity index (χ3v) is 6.05. The predicted octanol–water partition coefficient (Wildman–Crippen LogP) is 5.96. The molecule has 0 amide bonds. The molecule has 0 rings (SSSR count). The lowest BCUT2D eigenvalue weighted by Crippen LogP contribution is -2.03. The largest absolute Gasteiger partial charge is 0.327 e. The molecule has 152 valence electrons. The molecule has 0 spiro atoms. The Balaban J connectivity index is 3.74. The van der Waals surface area contributed by atoms with E-state index in [0.29, 0.717) is 31.5 Å². The molecule has 8 heteroatoms. The van der Waals surface area contributed by atoms with Gasteiger partial charge in [-0.05, 0) is 43.9 Å². The maximum atomic E-state index is 12.1. The van der Waals surface area contributed by atoms with Crippen molar-refractivity contribution in [1.82, 2.24) is 0 Å². The lowest BCUT2D eigenvalue weighted by atomic mass is 10.1. The monoisotopic (exact) mass is 400 g/mol. The summed E-state index contributed by atoms with van der Waals surface area (Å²) in [5.41, 5.74) is 0. The SMILES string of the molecule is CC(C)CCCOP(C)(=O)OCCCOP(C)(=O)OCCCC(C)C. The maximum absolute atomic E-state index is 12.1. The minimum Gasteiger partial charge on any atom is -0.309 e. The summed E-state index contributed by atoms with van der Waals surface area (Å²) in [7, 11) is -6.04. The molecule has 0 fully saturated rings. The van der Waals surface area contributed by atoms with Gasteiger partial charge in [0.25, 0.3) is 0 Å². The van der Waals surface area contributed by atoms with Crippen LogP contribution in [0.25, 0.3) is 0 Å². The van der Waals surface area contributed by atoms with Crippen molar-refractivity contribution < 1.29 is 27.2 Å². The summed E-state index contributed by atoms with van der Waals surface area (Å²) >= 11 is 0. The van der Waals surface area contributed by atoms with Crippen LogP contribution in [0.4, 0.5) is 0 Å². The van der Waals surface area contributed by atoms with Crippen molar-refractivity contribution in [2.24, 2.45) is 11.8 Å². The van der Waals surface area contributed by atoms with E-state index in [0.717, 1.165) is 25.7 Å². The van der Waals surface area contributed by atoms with Gasteiger partial charge in [0.15, 0.2) is 0 Å². The van der Waals surface area contributed by atoms with Crippen LogP contribution in [0.1, 0.15) is 59.8 Å². The second-order valence-electron chi connectivity index (χ2n) is 7.30. The van der Waals surface area contributed by atoms with E-state index in [-0.39, 0.29) is 13.2 Å². The first kappa shape index (κ1) is 25.3. The van der Waals surface area contributed by atoms with Crippen LogP contribution in [0.15, 0.2) is 0 Å². The molecule has 0 aromatic heterocycles. The van der Waals surface area contributed by atoms with Crippen LogP contribution in [0, 0.1) is 11.8 Å². The second kappa shape index (κ2) is 13.5. The van der Waals surface area contributed by atoms with Crippen molar-refractivity contribution in [3.05, 3.63) is 0 Å². The highest BCUT2D eigenvalue weighted by Gasteiger charge is 2.18. The van der Waals surface area contributed by atoms with Gasteiger partial charge in [-0.25, -0.2) is 0 Å². The van der Waals surface area contributed by atoms with E-state index in [1.807, 2.05) is 0 Å². The topological polar surface area (TPSA) is 71.1 Å². The van der Waals surface area contributed by atoms with E-state index < -0.39 is 15.2 Å². The average Bonchev–Trinajstić information content (AvgIpc) is 2.47. The molecule has 0 bridgehead atoms. The lowest BCUT2D eigenvalue weighted by Gasteiger charge is -2.16. The van der Waals surface area contributed by atoms with Crippen LogP contribution in [-0.2, 0) is 27.2 Å². The van der Waals surface area contributed by atoms with Crippen LogP contribution < -0.4 is 0 Å². The molecule has 2 atom stereocenters. The van der Waals surface area contributed by atoms with Gasteiger partial charge in [-0.1, -0.05) is 27.7 Å². The standard InChI is InChI=1S/C17H38O6P2/c1-16(2)10-7-12-20-24(5,18)22-14-9-15-23-25(6,19)21-13-8-11-17(3)4/h16-17H,7-15H2,1-6H3. The Kier molecular flexibility index (Phi) is 13.6. The van der Waals surface area contributed by atoms with Gasteiger partial charge >= 0.3 is 15.2 Å². The van der Waals surface area contributed by atoms with Gasteiger partial charge in [0.05, 0.1) is 26.4 Å². The Morgan fingerprint density at radius 3 is 1.16 bits per heavy atom. The first-order chi connectivity index (χ1) is 11.5. The molecule has 0 aromatic carbocycles. The van der Waals surface area contributed by atoms with Crippen LogP contribution in [0.5, 0.6) is 0 Å². The molecule has 0 aliphatic heterocycles. The fraction of sp³-hybridized carbons (Fsp3) is 1.00. The molecule has 0 aliphatic rings. The van der Waals surface area contributed by atoms with E-state index >= 15 is 0 Å². The summed E-state index contributed by atoms with van der Waals surface area (Å²) in [6, 6.07) is 0. The van der Waals surface area contributed by atoms with E-state index in [4.69, 9.17) is 18.1 Å². The minimum atomic E-state index is -3.02. The normalized spacial score (nSPS) is 17.0. The summed E-state index contributed by atoms with van der Waals surface area (Å²) in [4.78, 5) is 0. The first-order valence-electron chi connectivity index (χ1n) is 9.27. The van der Waals surface area contributed by atoms with Crippen molar-refractivity contribution in [3.63, 3.8) is 0 Å². The second-order valence-corrected chi connectivity index (χ2v) is 11.4. The van der Waals surface area contributed by atoms with Crippen LogP contribution in [0.2, 0.25) is 0 Å². The highest BCUT2D eigenvalue weighted by atomic mass is 31.2. The van der Waals surface area contributed by atoms with Crippen molar-refractivity contribution in [2.75, 3.05) is 39.8 Å². The summed E-state index contributed by atoms with van der Waals surface area (Å²) in [6.45, 7) is 12.9. The highest BCUT2D eigenvalue weighted by molar-refractivity contribution is 7.53. The molecule has 0 radical (unpaired) electrons. The van der Waals surface area contributed by atoms with Crippen LogP contribution in [0.3, 0.4) is 0 Å². The van der Waals surface area contributed by atoms with Gasteiger partial charge in [-0.15, -0.1) is 0 Å². The molecule has 6 nitrogen and oxygen atoms in total. The smallest absolute Gasteiger partial charge is 0.309 e. The van der Waals surface area contributed by atoms with Gasteiger partial charge in [-0.3, -0.25) is 9.13 Å². The van der Waals surface area contributed by atoms with E-state index in [9.17, 15) is 9.13 Å². The fourth-order valence-electron chi connectivity index (χ4n) is 2.04. The van der Waals surface area contributed by atoms with Gasteiger partial charge < -0.3 is 18.1 Å². The average molecular weight is 400 g/mol. The Morgan fingerprint density at radius 1 is 0.600 bits per heavy atom. The Morgan fingerprint density at radius 2 is 0.880 bits per heavy atom.